The van der Waals surface area contributed by atoms with Crippen molar-refractivity contribution in [2.24, 2.45) is 0 Å². The third-order valence-electron chi connectivity index (χ3n) is 4.94. The third-order valence-corrected chi connectivity index (χ3v) is 4.94. The molecule has 3 rings (SSSR count). The van der Waals surface area contributed by atoms with E-state index in [1.54, 1.807) is 24.3 Å². The summed E-state index contributed by atoms with van der Waals surface area (Å²) in [5.74, 6) is 0.642. The largest absolute Gasteiger partial charge is 0.494 e. The number of hydrogen-bond donors (Lipinski definition) is 0. The molecule has 0 spiro atoms. The number of pyridine rings is 1. The van der Waals surface area contributed by atoms with Crippen molar-refractivity contribution in [1.82, 2.24) is 9.47 Å². The highest BCUT2D eigenvalue weighted by molar-refractivity contribution is 5.38. The topological polar surface area (TPSA) is 34.5 Å². The molecular weight excluding hydrogens is 369 g/mol. The van der Waals surface area contributed by atoms with Crippen molar-refractivity contribution in [3.63, 3.8) is 0 Å². The molecule has 1 aliphatic rings. The van der Waals surface area contributed by atoms with Crippen LogP contribution in [-0.4, -0.2) is 35.7 Å². The molecule has 0 N–H and O–H groups in total. The molecule has 1 aliphatic heterocycles. The van der Waals surface area contributed by atoms with Crippen LogP contribution in [0.3, 0.4) is 0 Å². The van der Waals surface area contributed by atoms with Crippen molar-refractivity contribution >= 4 is 0 Å². The van der Waals surface area contributed by atoms with Gasteiger partial charge < -0.3 is 9.64 Å². The first-order chi connectivity index (χ1) is 13.4. The van der Waals surface area contributed by atoms with Gasteiger partial charge in [-0.15, -0.1) is 0 Å². The maximum atomic E-state index is 12.9. The molecule has 1 saturated heterocycles. The smallest absolute Gasteiger partial charge is 0.417 e. The van der Waals surface area contributed by atoms with Crippen LogP contribution in [0.15, 0.2) is 47.4 Å². The lowest BCUT2D eigenvalue weighted by molar-refractivity contribution is -0.138. The molecule has 152 valence electrons. The fraction of sp³-hybridized carbons (Fsp3) is 0.476. The Morgan fingerprint density at radius 2 is 1.64 bits per heavy atom. The molecule has 0 radical (unpaired) electrons. The summed E-state index contributed by atoms with van der Waals surface area (Å²) in [6.45, 7) is 4.19. The van der Waals surface area contributed by atoms with Gasteiger partial charge in [-0.1, -0.05) is 0 Å². The molecule has 2 aromatic rings. The van der Waals surface area contributed by atoms with Crippen LogP contribution in [0, 0.1) is 0 Å². The van der Waals surface area contributed by atoms with Gasteiger partial charge in [0.2, 0.25) is 0 Å². The van der Waals surface area contributed by atoms with E-state index in [2.05, 4.69) is 4.90 Å². The van der Waals surface area contributed by atoms with Crippen LogP contribution < -0.4 is 10.3 Å². The lowest BCUT2D eigenvalue weighted by Gasteiger charge is -2.14. The monoisotopic (exact) mass is 394 g/mol. The minimum atomic E-state index is -4.49. The highest BCUT2D eigenvalue weighted by Crippen LogP contribution is 2.28. The Kier molecular flexibility index (Phi) is 6.78. The number of alkyl halides is 3. The van der Waals surface area contributed by atoms with Gasteiger partial charge >= 0.3 is 6.18 Å². The zero-order valence-electron chi connectivity index (χ0n) is 15.8. The average molecular weight is 394 g/mol. The summed E-state index contributed by atoms with van der Waals surface area (Å²) in [7, 11) is 0. The number of halogens is 3. The van der Waals surface area contributed by atoms with Crippen LogP contribution in [0.5, 0.6) is 5.75 Å². The average Bonchev–Trinajstić information content (AvgIpc) is 3.18. The predicted molar refractivity (Wildman–Crippen MR) is 102 cm³/mol. The van der Waals surface area contributed by atoms with Gasteiger partial charge in [0.1, 0.15) is 5.75 Å². The van der Waals surface area contributed by atoms with Gasteiger partial charge in [0.25, 0.3) is 5.56 Å². The minimum Gasteiger partial charge on any atom is -0.494 e. The first kappa shape index (κ1) is 20.5. The maximum Gasteiger partial charge on any atom is 0.417 e. The van der Waals surface area contributed by atoms with Gasteiger partial charge in [0, 0.05) is 18.0 Å². The maximum absolute atomic E-state index is 12.9. The summed E-state index contributed by atoms with van der Waals surface area (Å²) in [6.07, 6.45) is 2.18. The van der Waals surface area contributed by atoms with Crippen LogP contribution >= 0.6 is 0 Å². The second kappa shape index (κ2) is 9.28. The van der Waals surface area contributed by atoms with Crippen LogP contribution in [-0.2, 0) is 6.18 Å². The number of nitrogens with zero attached hydrogens (tertiary/aromatic N) is 2. The van der Waals surface area contributed by atoms with Gasteiger partial charge in [-0.2, -0.15) is 13.2 Å². The van der Waals surface area contributed by atoms with E-state index in [0.29, 0.717) is 18.0 Å². The zero-order chi connectivity index (χ0) is 20.0. The number of aromatic nitrogens is 1. The lowest BCUT2D eigenvalue weighted by Crippen LogP contribution is -2.20. The molecule has 28 heavy (non-hydrogen) atoms. The van der Waals surface area contributed by atoms with Crippen molar-refractivity contribution < 1.29 is 17.9 Å². The van der Waals surface area contributed by atoms with Crippen molar-refractivity contribution in [1.29, 1.82) is 0 Å². The Morgan fingerprint density at radius 1 is 0.929 bits per heavy atom. The molecule has 0 unspecified atom stereocenters. The van der Waals surface area contributed by atoms with Crippen molar-refractivity contribution in [2.75, 3.05) is 26.2 Å². The summed E-state index contributed by atoms with van der Waals surface area (Å²) >= 11 is 0. The molecule has 1 aromatic heterocycles. The van der Waals surface area contributed by atoms with E-state index in [0.717, 1.165) is 42.3 Å². The van der Waals surface area contributed by atoms with E-state index in [-0.39, 0.29) is 0 Å². The Balaban J connectivity index is 1.49. The van der Waals surface area contributed by atoms with Crippen molar-refractivity contribution in [3.8, 4) is 11.4 Å². The number of benzene rings is 1. The van der Waals surface area contributed by atoms with Crippen LogP contribution in [0.2, 0.25) is 0 Å². The third kappa shape index (κ3) is 5.61. The highest BCUT2D eigenvalue weighted by atomic mass is 19.4. The van der Waals surface area contributed by atoms with Gasteiger partial charge in [-0.05, 0) is 82.1 Å². The van der Waals surface area contributed by atoms with E-state index < -0.39 is 17.3 Å². The number of rotatable bonds is 8. The Hall–Kier alpha value is -2.28. The van der Waals surface area contributed by atoms with Crippen LogP contribution in [0.1, 0.15) is 37.7 Å². The van der Waals surface area contributed by atoms with E-state index in [1.165, 1.54) is 32.4 Å². The van der Waals surface area contributed by atoms with Gasteiger partial charge in [-0.3, -0.25) is 9.36 Å². The second-order valence-corrected chi connectivity index (χ2v) is 7.08. The Labute approximate surface area is 162 Å². The fourth-order valence-electron chi connectivity index (χ4n) is 3.37. The summed E-state index contributed by atoms with van der Waals surface area (Å²) in [5.41, 5.74) is -1.00. The first-order valence-corrected chi connectivity index (χ1v) is 9.69. The summed E-state index contributed by atoms with van der Waals surface area (Å²) in [5, 5.41) is 0. The number of likely N-dealkylation sites (tertiary alicyclic amines) is 1. The summed E-state index contributed by atoms with van der Waals surface area (Å²) in [6, 6.07) is 8.24. The molecule has 1 fully saturated rings. The van der Waals surface area contributed by atoms with Gasteiger partial charge in [0.05, 0.1) is 12.2 Å². The molecular formula is C21H25F3N2O2. The predicted octanol–water partition coefficient (Wildman–Crippen LogP) is 4.50. The lowest BCUT2D eigenvalue weighted by atomic mass is 10.2. The van der Waals surface area contributed by atoms with Crippen LogP contribution in [0.25, 0.3) is 5.69 Å². The molecule has 2 heterocycles. The van der Waals surface area contributed by atoms with Crippen LogP contribution in [0.4, 0.5) is 13.2 Å². The number of unbranched alkanes of at least 4 members (excludes halogenated alkanes) is 2. The normalized spacial score (nSPS) is 15.1. The van der Waals surface area contributed by atoms with Crippen molar-refractivity contribution in [2.45, 2.75) is 38.3 Å². The number of ether oxygens (including phenoxy) is 1. The Morgan fingerprint density at radius 3 is 2.32 bits per heavy atom. The van der Waals surface area contributed by atoms with Crippen molar-refractivity contribution in [3.05, 3.63) is 58.5 Å². The highest BCUT2D eigenvalue weighted by Gasteiger charge is 2.31. The quantitative estimate of drug-likeness (QED) is 0.619. The van der Waals surface area contributed by atoms with E-state index in [1.807, 2.05) is 0 Å². The SMILES string of the molecule is O=c1ccc(C(F)(F)F)cn1-c1ccc(OCCCCCN2CCCC2)cc1. The summed E-state index contributed by atoms with van der Waals surface area (Å²) < 4.78 is 45.3. The van der Waals surface area contributed by atoms with E-state index in [4.69, 9.17) is 4.74 Å². The molecule has 0 saturated carbocycles. The molecule has 7 heteroatoms. The van der Waals surface area contributed by atoms with Gasteiger partial charge in [0.15, 0.2) is 0 Å². The Bertz CT molecular complexity index is 810. The molecule has 4 nitrogen and oxygen atoms in total. The molecule has 0 bridgehead atoms. The molecule has 0 aliphatic carbocycles. The second-order valence-electron chi connectivity index (χ2n) is 7.08. The first-order valence-electron chi connectivity index (χ1n) is 9.69. The standard InChI is InChI=1S/C21H25F3N2O2/c22-21(23,24)17-6-11-20(27)26(16-17)18-7-9-19(10-8-18)28-15-5-1-2-12-25-13-3-4-14-25/h6-11,16H,1-5,12-15H2. The molecule has 0 amide bonds. The molecule has 0 atom stereocenters. The van der Waals surface area contributed by atoms with E-state index >= 15 is 0 Å². The van der Waals surface area contributed by atoms with E-state index in [9.17, 15) is 18.0 Å². The fourth-order valence-corrected chi connectivity index (χ4v) is 3.37. The molecule has 1 aromatic carbocycles. The summed E-state index contributed by atoms with van der Waals surface area (Å²) in [4.78, 5) is 14.4. The van der Waals surface area contributed by atoms with Gasteiger partial charge in [-0.25, -0.2) is 0 Å². The zero-order valence-corrected chi connectivity index (χ0v) is 15.8. The number of hydrogen-bond acceptors (Lipinski definition) is 3. The minimum absolute atomic E-state index is 0.370.